The molecule has 148 valence electrons. The Kier molecular flexibility index (Phi) is 7.47. The third kappa shape index (κ3) is 6.32. The highest BCUT2D eigenvalue weighted by Crippen LogP contribution is 2.31. The summed E-state index contributed by atoms with van der Waals surface area (Å²) in [5.41, 5.74) is 3.02. The summed E-state index contributed by atoms with van der Waals surface area (Å²) >= 11 is 5.12. The molecule has 1 aromatic carbocycles. The molecule has 2 heterocycles. The molecule has 0 aliphatic rings. The molecule has 28 heavy (non-hydrogen) atoms. The number of thiazole rings is 1. The molecule has 2 N–H and O–H groups in total. The van der Waals surface area contributed by atoms with E-state index in [1.807, 2.05) is 32.0 Å². The van der Waals surface area contributed by atoms with Crippen molar-refractivity contribution in [1.82, 2.24) is 10.3 Å². The lowest BCUT2D eigenvalue weighted by Crippen LogP contribution is -2.33. The van der Waals surface area contributed by atoms with E-state index in [4.69, 9.17) is 0 Å². The van der Waals surface area contributed by atoms with Crippen LogP contribution in [0.3, 0.4) is 0 Å². The van der Waals surface area contributed by atoms with Gasteiger partial charge in [0.05, 0.1) is 16.8 Å². The molecular weight excluding hydrogens is 410 g/mol. The van der Waals surface area contributed by atoms with Crippen LogP contribution in [0.25, 0.3) is 10.2 Å². The number of amides is 2. The molecule has 0 bridgehead atoms. The Bertz CT molecular complexity index is 935. The fourth-order valence-electron chi connectivity index (χ4n) is 2.56. The van der Waals surface area contributed by atoms with Crippen LogP contribution in [0, 0.1) is 5.92 Å². The molecule has 2 aromatic heterocycles. The molecule has 3 rings (SSSR count). The lowest BCUT2D eigenvalue weighted by molar-refractivity contribution is -0.124. The van der Waals surface area contributed by atoms with Gasteiger partial charge in [0, 0.05) is 17.9 Å². The Morgan fingerprint density at radius 3 is 2.82 bits per heavy atom. The van der Waals surface area contributed by atoms with Crippen LogP contribution in [-0.2, 0) is 16.0 Å². The number of hydrogen-bond acceptors (Lipinski definition) is 6. The second kappa shape index (κ2) is 10.0. The van der Waals surface area contributed by atoms with Crippen LogP contribution < -0.4 is 10.6 Å². The second-order valence-corrected chi connectivity index (χ2v) is 9.97. The summed E-state index contributed by atoms with van der Waals surface area (Å²) < 4.78 is 2.08. The lowest BCUT2D eigenvalue weighted by Gasteiger charge is -2.08. The molecule has 0 unspecified atom stereocenters. The summed E-state index contributed by atoms with van der Waals surface area (Å²) in [7, 11) is 0. The van der Waals surface area contributed by atoms with E-state index in [-0.39, 0.29) is 24.3 Å². The molecule has 0 spiro atoms. The quantitative estimate of drug-likeness (QED) is 0.476. The molecule has 8 heteroatoms. The Balaban J connectivity index is 1.52. The summed E-state index contributed by atoms with van der Waals surface area (Å²) in [6.07, 6.45) is 1.46. The van der Waals surface area contributed by atoms with E-state index < -0.39 is 0 Å². The van der Waals surface area contributed by atoms with Crippen molar-refractivity contribution in [3.63, 3.8) is 0 Å². The van der Waals surface area contributed by atoms with Crippen LogP contribution in [0.15, 0.2) is 39.4 Å². The number of benzene rings is 1. The number of fused-ring (bicyclic) bond motifs is 1. The minimum atomic E-state index is -0.230. The van der Waals surface area contributed by atoms with Crippen molar-refractivity contribution < 1.29 is 9.59 Å². The number of hydrogen-bond donors (Lipinski definition) is 2. The topological polar surface area (TPSA) is 71.1 Å². The SMILES string of the molecule is CC(C)CC(=O)NCC(=O)Nc1ccc2nc(SCCc3ccsc3)sc2c1. The van der Waals surface area contributed by atoms with E-state index in [1.54, 1.807) is 34.4 Å². The second-order valence-electron chi connectivity index (χ2n) is 6.82. The predicted molar refractivity (Wildman–Crippen MR) is 119 cm³/mol. The number of nitrogens with one attached hydrogen (secondary N) is 2. The van der Waals surface area contributed by atoms with Gasteiger partial charge < -0.3 is 10.6 Å². The number of anilines is 1. The van der Waals surface area contributed by atoms with Crippen LogP contribution in [0.2, 0.25) is 0 Å². The third-order valence-corrected chi connectivity index (χ3v) is 6.78. The molecule has 0 radical (unpaired) electrons. The van der Waals surface area contributed by atoms with Crippen LogP contribution >= 0.6 is 34.4 Å². The van der Waals surface area contributed by atoms with Gasteiger partial charge in [0.25, 0.3) is 0 Å². The highest BCUT2D eigenvalue weighted by atomic mass is 32.2. The van der Waals surface area contributed by atoms with Gasteiger partial charge in [0.1, 0.15) is 0 Å². The van der Waals surface area contributed by atoms with Crippen LogP contribution in [0.1, 0.15) is 25.8 Å². The number of rotatable bonds is 9. The number of aryl methyl sites for hydroxylation is 1. The summed E-state index contributed by atoms with van der Waals surface area (Å²) in [5, 5.41) is 9.76. The first-order valence-electron chi connectivity index (χ1n) is 9.10. The zero-order chi connectivity index (χ0) is 19.9. The van der Waals surface area contributed by atoms with E-state index in [2.05, 4.69) is 32.4 Å². The van der Waals surface area contributed by atoms with E-state index in [0.29, 0.717) is 12.1 Å². The first-order chi connectivity index (χ1) is 13.5. The maximum absolute atomic E-state index is 12.1. The third-order valence-electron chi connectivity index (χ3n) is 3.89. The predicted octanol–water partition coefficient (Wildman–Crippen LogP) is 4.79. The first kappa shape index (κ1) is 20.8. The van der Waals surface area contributed by atoms with Gasteiger partial charge >= 0.3 is 0 Å². The van der Waals surface area contributed by atoms with Gasteiger partial charge in [0.2, 0.25) is 11.8 Å². The van der Waals surface area contributed by atoms with Crippen LogP contribution in [-0.4, -0.2) is 29.1 Å². The molecule has 0 aliphatic heterocycles. The number of carbonyl (C=O) groups is 2. The Hall–Kier alpha value is -1.90. The molecule has 0 saturated heterocycles. The zero-order valence-electron chi connectivity index (χ0n) is 15.9. The summed E-state index contributed by atoms with van der Waals surface area (Å²) in [5.74, 6) is 0.934. The minimum absolute atomic E-state index is 0.0179. The van der Waals surface area contributed by atoms with E-state index in [9.17, 15) is 9.59 Å². The Labute approximate surface area is 177 Å². The van der Waals surface area contributed by atoms with Crippen molar-refractivity contribution in [3.05, 3.63) is 40.6 Å². The number of thiophene rings is 1. The molecule has 0 fully saturated rings. The van der Waals surface area contributed by atoms with Crippen molar-refractivity contribution in [2.24, 2.45) is 5.92 Å². The van der Waals surface area contributed by atoms with Gasteiger partial charge in [0.15, 0.2) is 4.34 Å². The smallest absolute Gasteiger partial charge is 0.243 e. The fourth-order valence-corrected chi connectivity index (χ4v) is 5.43. The van der Waals surface area contributed by atoms with Crippen molar-refractivity contribution >= 4 is 62.2 Å². The molecule has 2 amide bonds. The molecular formula is C20H23N3O2S3. The van der Waals surface area contributed by atoms with Gasteiger partial charge in [-0.25, -0.2) is 4.98 Å². The first-order valence-corrected chi connectivity index (χ1v) is 11.8. The normalized spacial score (nSPS) is 11.1. The maximum Gasteiger partial charge on any atom is 0.243 e. The fraction of sp³-hybridized carbons (Fsp3) is 0.350. The molecule has 3 aromatic rings. The number of nitrogens with zero attached hydrogens (tertiary/aromatic N) is 1. The summed E-state index contributed by atoms with van der Waals surface area (Å²) in [4.78, 5) is 28.4. The largest absolute Gasteiger partial charge is 0.347 e. The van der Waals surface area contributed by atoms with Gasteiger partial charge in [-0.05, 0) is 52.9 Å². The van der Waals surface area contributed by atoms with Crippen LogP contribution in [0.4, 0.5) is 5.69 Å². The summed E-state index contributed by atoms with van der Waals surface area (Å²) in [6, 6.07) is 7.85. The van der Waals surface area contributed by atoms with Gasteiger partial charge in [-0.1, -0.05) is 25.6 Å². The highest BCUT2D eigenvalue weighted by Gasteiger charge is 2.10. The number of carbonyl (C=O) groups excluding carboxylic acids is 2. The minimum Gasteiger partial charge on any atom is -0.347 e. The van der Waals surface area contributed by atoms with Crippen molar-refractivity contribution in [2.45, 2.75) is 31.0 Å². The zero-order valence-corrected chi connectivity index (χ0v) is 18.3. The van der Waals surface area contributed by atoms with Gasteiger partial charge in [-0.2, -0.15) is 11.3 Å². The van der Waals surface area contributed by atoms with E-state index in [1.165, 1.54) is 5.56 Å². The summed E-state index contributed by atoms with van der Waals surface area (Å²) in [6.45, 7) is 3.92. The van der Waals surface area contributed by atoms with Crippen molar-refractivity contribution in [2.75, 3.05) is 17.6 Å². The standard InChI is InChI=1S/C20H23N3O2S3/c1-13(2)9-18(24)21-11-19(25)22-15-3-4-16-17(10-15)28-20(23-16)27-8-6-14-5-7-26-12-14/h3-5,7,10,12-13H,6,8-9,11H2,1-2H3,(H,21,24)(H,22,25). The molecule has 0 atom stereocenters. The Morgan fingerprint density at radius 2 is 2.07 bits per heavy atom. The molecule has 0 saturated carbocycles. The number of aromatic nitrogens is 1. The molecule has 5 nitrogen and oxygen atoms in total. The molecule has 0 aliphatic carbocycles. The van der Waals surface area contributed by atoms with E-state index >= 15 is 0 Å². The van der Waals surface area contributed by atoms with Gasteiger partial charge in [-0.15, -0.1) is 11.3 Å². The average Bonchev–Trinajstić information content (AvgIpc) is 3.28. The average molecular weight is 434 g/mol. The van der Waals surface area contributed by atoms with Crippen LogP contribution in [0.5, 0.6) is 0 Å². The van der Waals surface area contributed by atoms with Crippen molar-refractivity contribution in [3.8, 4) is 0 Å². The van der Waals surface area contributed by atoms with E-state index in [0.717, 1.165) is 26.7 Å². The Morgan fingerprint density at radius 1 is 1.21 bits per heavy atom. The lowest BCUT2D eigenvalue weighted by atomic mass is 10.1. The monoisotopic (exact) mass is 433 g/mol. The highest BCUT2D eigenvalue weighted by molar-refractivity contribution is 8.01. The van der Waals surface area contributed by atoms with Crippen molar-refractivity contribution in [1.29, 1.82) is 0 Å². The number of thioether (sulfide) groups is 1. The maximum atomic E-state index is 12.1. The van der Waals surface area contributed by atoms with Gasteiger partial charge in [-0.3, -0.25) is 9.59 Å².